The predicted molar refractivity (Wildman–Crippen MR) is 115 cm³/mol. The third-order valence-electron chi connectivity index (χ3n) is 5.81. The Labute approximate surface area is 180 Å². The number of carbonyl (C=O) groups is 1. The monoisotopic (exact) mass is 420 g/mol. The molecule has 2 aromatic heterocycles. The molecule has 1 fully saturated rings. The highest BCUT2D eigenvalue weighted by molar-refractivity contribution is 5.95. The lowest BCUT2D eigenvalue weighted by atomic mass is 9.86. The van der Waals surface area contributed by atoms with Crippen LogP contribution >= 0.6 is 0 Å². The molecule has 2 aliphatic heterocycles. The van der Waals surface area contributed by atoms with Crippen LogP contribution < -0.4 is 15.0 Å². The lowest BCUT2D eigenvalue weighted by Crippen LogP contribution is -2.36. The Morgan fingerprint density at radius 2 is 1.77 bits per heavy atom. The zero-order valence-corrected chi connectivity index (χ0v) is 17.5. The molecular weight excluding hydrogens is 396 g/mol. The van der Waals surface area contributed by atoms with Crippen LogP contribution in [0.3, 0.4) is 0 Å². The first kappa shape index (κ1) is 19.5. The molecule has 1 saturated heterocycles. The van der Waals surface area contributed by atoms with E-state index in [2.05, 4.69) is 25.5 Å². The van der Waals surface area contributed by atoms with Crippen molar-refractivity contribution in [2.45, 2.75) is 19.3 Å². The van der Waals surface area contributed by atoms with Crippen LogP contribution in [0.1, 0.15) is 29.2 Å². The highest BCUT2D eigenvalue weighted by Gasteiger charge is 2.33. The summed E-state index contributed by atoms with van der Waals surface area (Å²) in [5.41, 5.74) is 2.91. The summed E-state index contributed by atoms with van der Waals surface area (Å²) in [4.78, 5) is 14.7. The number of aryl methyl sites for hydroxylation is 1. The molecule has 2 aliphatic rings. The maximum atomic E-state index is 12.6. The minimum atomic E-state index is -0.0796. The Morgan fingerprint density at radius 3 is 2.45 bits per heavy atom. The van der Waals surface area contributed by atoms with Gasteiger partial charge in [-0.2, -0.15) is 9.78 Å². The summed E-state index contributed by atoms with van der Waals surface area (Å²) in [6.07, 6.45) is 0.369. The van der Waals surface area contributed by atoms with Crippen molar-refractivity contribution in [3.05, 3.63) is 53.2 Å². The number of hydrogen-bond acceptors (Lipinski definition) is 7. The van der Waals surface area contributed by atoms with Gasteiger partial charge in [0.05, 0.1) is 26.0 Å². The van der Waals surface area contributed by atoms with Crippen LogP contribution in [0.5, 0.6) is 5.75 Å². The average Bonchev–Trinajstić information content (AvgIpc) is 3.15. The van der Waals surface area contributed by atoms with Crippen molar-refractivity contribution < 1.29 is 14.3 Å². The number of carbonyl (C=O) groups excluding carboxylic acids is 1. The van der Waals surface area contributed by atoms with Gasteiger partial charge in [0, 0.05) is 31.0 Å². The fourth-order valence-electron chi connectivity index (χ4n) is 4.23. The lowest BCUT2D eigenvalue weighted by molar-refractivity contribution is -0.116. The molecule has 1 amide bonds. The summed E-state index contributed by atoms with van der Waals surface area (Å²) in [7, 11) is 1.64. The van der Waals surface area contributed by atoms with Crippen LogP contribution in [-0.2, 0) is 9.53 Å². The molecule has 5 rings (SSSR count). The second kappa shape index (κ2) is 7.99. The van der Waals surface area contributed by atoms with Gasteiger partial charge in [-0.05, 0) is 36.8 Å². The van der Waals surface area contributed by atoms with Crippen molar-refractivity contribution in [1.29, 1.82) is 0 Å². The van der Waals surface area contributed by atoms with E-state index in [4.69, 9.17) is 9.47 Å². The van der Waals surface area contributed by atoms with E-state index < -0.39 is 0 Å². The van der Waals surface area contributed by atoms with Crippen LogP contribution in [0.4, 0.5) is 11.6 Å². The number of rotatable bonds is 4. The van der Waals surface area contributed by atoms with E-state index in [1.165, 1.54) is 0 Å². The third kappa shape index (κ3) is 3.61. The third-order valence-corrected chi connectivity index (χ3v) is 5.81. The van der Waals surface area contributed by atoms with Crippen LogP contribution in [0.15, 0.2) is 36.4 Å². The van der Waals surface area contributed by atoms with Crippen molar-refractivity contribution in [3.63, 3.8) is 0 Å². The van der Waals surface area contributed by atoms with E-state index in [-0.39, 0.29) is 11.8 Å². The molecule has 1 unspecified atom stereocenters. The molecule has 9 nitrogen and oxygen atoms in total. The molecule has 31 heavy (non-hydrogen) atoms. The summed E-state index contributed by atoms with van der Waals surface area (Å²) in [5, 5.41) is 16.5. The van der Waals surface area contributed by atoms with Crippen LogP contribution in [-0.4, -0.2) is 59.3 Å². The second-order valence-electron chi connectivity index (χ2n) is 7.69. The number of fused-ring (bicyclic) bond motifs is 1. The number of methoxy groups -OCH3 is 1. The summed E-state index contributed by atoms with van der Waals surface area (Å²) in [5.74, 6) is 2.69. The Balaban J connectivity index is 1.50. The molecule has 160 valence electrons. The summed E-state index contributed by atoms with van der Waals surface area (Å²) < 4.78 is 12.3. The van der Waals surface area contributed by atoms with Gasteiger partial charge in [-0.25, -0.2) is 0 Å². The maximum Gasteiger partial charge on any atom is 0.226 e. The highest BCUT2D eigenvalue weighted by Crippen LogP contribution is 2.40. The normalized spacial score (nSPS) is 18.5. The Kier molecular flexibility index (Phi) is 5.03. The van der Waals surface area contributed by atoms with Gasteiger partial charge in [0.15, 0.2) is 11.6 Å². The molecule has 0 radical (unpaired) electrons. The number of benzene rings is 1. The van der Waals surface area contributed by atoms with Crippen molar-refractivity contribution >= 4 is 17.5 Å². The second-order valence-corrected chi connectivity index (χ2v) is 7.69. The SMILES string of the molecule is COc1ccc(C2CC(=O)Nc3c2c(C)nn3-c2ccc(N3CCOCC3)nn2)cc1. The maximum absolute atomic E-state index is 12.6. The van der Waals surface area contributed by atoms with Gasteiger partial charge < -0.3 is 19.7 Å². The molecule has 1 N–H and O–H groups in total. The molecule has 1 atom stereocenters. The van der Waals surface area contributed by atoms with Crippen LogP contribution in [0, 0.1) is 6.92 Å². The average molecular weight is 420 g/mol. The fraction of sp³-hybridized carbons (Fsp3) is 0.364. The van der Waals surface area contributed by atoms with Gasteiger partial charge in [-0.3, -0.25) is 4.79 Å². The number of aromatic nitrogens is 4. The number of ether oxygens (including phenoxy) is 2. The van der Waals surface area contributed by atoms with Crippen LogP contribution in [0.25, 0.3) is 5.82 Å². The first-order valence-corrected chi connectivity index (χ1v) is 10.3. The Morgan fingerprint density at radius 1 is 1.06 bits per heavy atom. The lowest BCUT2D eigenvalue weighted by Gasteiger charge is -2.27. The summed E-state index contributed by atoms with van der Waals surface area (Å²) >= 11 is 0. The van der Waals surface area contributed by atoms with Gasteiger partial charge in [0.25, 0.3) is 0 Å². The largest absolute Gasteiger partial charge is 0.497 e. The summed E-state index contributed by atoms with van der Waals surface area (Å²) in [6.45, 7) is 4.93. The molecule has 0 aliphatic carbocycles. The van der Waals surface area contributed by atoms with Crippen molar-refractivity contribution in [3.8, 4) is 11.6 Å². The number of nitrogens with zero attached hydrogens (tertiary/aromatic N) is 5. The fourth-order valence-corrected chi connectivity index (χ4v) is 4.23. The van der Waals surface area contributed by atoms with Gasteiger partial charge >= 0.3 is 0 Å². The molecule has 1 aromatic carbocycles. The number of morpholine rings is 1. The molecule has 0 saturated carbocycles. The van der Waals surface area contributed by atoms with Gasteiger partial charge in [0.1, 0.15) is 11.6 Å². The standard InChI is InChI=1S/C22H24N6O3/c1-14-21-17(15-3-5-16(30-2)6-4-15)13-20(29)23-22(21)28(26-14)19-8-7-18(24-25-19)27-9-11-31-12-10-27/h3-8,17H,9-13H2,1-2H3,(H,23,29). The first-order valence-electron chi connectivity index (χ1n) is 10.3. The van der Waals surface area contributed by atoms with E-state index in [0.29, 0.717) is 31.3 Å². The van der Waals surface area contributed by atoms with Crippen LogP contribution in [0.2, 0.25) is 0 Å². The number of nitrogens with one attached hydrogen (secondary N) is 1. The van der Waals surface area contributed by atoms with E-state index in [1.807, 2.05) is 43.3 Å². The van der Waals surface area contributed by atoms with Gasteiger partial charge in [-0.15, -0.1) is 10.2 Å². The van der Waals surface area contributed by atoms with Crippen molar-refractivity contribution in [2.24, 2.45) is 0 Å². The predicted octanol–water partition coefficient (Wildman–Crippen LogP) is 2.29. The van der Waals surface area contributed by atoms with Crippen molar-refractivity contribution in [1.82, 2.24) is 20.0 Å². The van der Waals surface area contributed by atoms with E-state index in [9.17, 15) is 4.79 Å². The molecule has 3 aromatic rings. The van der Waals surface area contributed by atoms with E-state index in [1.54, 1.807) is 11.8 Å². The first-order chi connectivity index (χ1) is 15.1. The topological polar surface area (TPSA) is 94.4 Å². The Hall–Kier alpha value is -3.46. The molecule has 0 bridgehead atoms. The van der Waals surface area contributed by atoms with E-state index in [0.717, 1.165) is 41.5 Å². The minimum absolute atomic E-state index is 0.0487. The summed E-state index contributed by atoms with van der Waals surface area (Å²) in [6, 6.07) is 11.6. The van der Waals surface area contributed by atoms with Crippen molar-refractivity contribution in [2.75, 3.05) is 43.6 Å². The zero-order chi connectivity index (χ0) is 21.4. The smallest absolute Gasteiger partial charge is 0.226 e. The molecule has 9 heteroatoms. The molecule has 4 heterocycles. The van der Waals surface area contributed by atoms with E-state index >= 15 is 0 Å². The molecule has 0 spiro atoms. The Bertz CT molecular complexity index is 1090. The number of anilines is 2. The quantitative estimate of drug-likeness (QED) is 0.692. The highest BCUT2D eigenvalue weighted by atomic mass is 16.5. The number of hydrogen-bond donors (Lipinski definition) is 1. The zero-order valence-electron chi connectivity index (χ0n) is 17.5. The van der Waals surface area contributed by atoms with Gasteiger partial charge in [-0.1, -0.05) is 12.1 Å². The minimum Gasteiger partial charge on any atom is -0.497 e. The van der Waals surface area contributed by atoms with Gasteiger partial charge in [0.2, 0.25) is 5.91 Å². The molecular formula is C22H24N6O3. The number of amides is 1.